The van der Waals surface area contributed by atoms with Crippen molar-refractivity contribution in [2.24, 2.45) is 0 Å². The number of amides is 3. The molecule has 3 amide bonds. The van der Waals surface area contributed by atoms with Crippen LogP contribution < -0.4 is 25.8 Å². The highest BCUT2D eigenvalue weighted by atomic mass is 16.5. The number of carbonyl (C=O) groups is 2. The van der Waals surface area contributed by atoms with E-state index >= 15 is 0 Å². The third kappa shape index (κ3) is 7.61. The molecule has 2 fully saturated rings. The number of ether oxygens (including phenoxy) is 1. The van der Waals surface area contributed by atoms with Crippen LogP contribution >= 0.6 is 0 Å². The van der Waals surface area contributed by atoms with Crippen molar-refractivity contribution < 1.29 is 14.3 Å². The molecule has 0 unspecified atom stereocenters. The number of hydrogen-bond acceptors (Lipinski definition) is 5. The number of piperazine rings is 1. The van der Waals surface area contributed by atoms with E-state index in [0.29, 0.717) is 13.0 Å². The molecule has 0 radical (unpaired) electrons. The molecule has 2 aliphatic rings. The number of para-hydroxylation sites is 2. The number of anilines is 1. The van der Waals surface area contributed by atoms with Gasteiger partial charge in [-0.3, -0.25) is 15.1 Å². The first-order chi connectivity index (χ1) is 15.2. The van der Waals surface area contributed by atoms with E-state index in [9.17, 15) is 9.59 Å². The second-order valence-corrected chi connectivity index (χ2v) is 8.44. The Labute approximate surface area is 185 Å². The Balaban J connectivity index is 1.31. The minimum absolute atomic E-state index is 0.167. The lowest BCUT2D eigenvalue weighted by atomic mass is 9.97. The summed E-state index contributed by atoms with van der Waals surface area (Å²) in [6, 6.07) is 7.95. The summed E-state index contributed by atoms with van der Waals surface area (Å²) in [5.41, 5.74) is 6.15. The Morgan fingerprint density at radius 1 is 0.968 bits per heavy atom. The molecule has 31 heavy (non-hydrogen) atoms. The highest BCUT2D eigenvalue weighted by Crippen LogP contribution is 2.28. The van der Waals surface area contributed by atoms with Crippen LogP contribution in [0.2, 0.25) is 0 Å². The van der Waals surface area contributed by atoms with Crippen molar-refractivity contribution in [2.75, 3.05) is 44.7 Å². The van der Waals surface area contributed by atoms with Gasteiger partial charge in [-0.05, 0) is 25.0 Å². The van der Waals surface area contributed by atoms with E-state index in [0.717, 1.165) is 63.3 Å². The fraction of sp³-hybridized carbons (Fsp3) is 0.652. The van der Waals surface area contributed by atoms with Gasteiger partial charge in [-0.2, -0.15) is 0 Å². The van der Waals surface area contributed by atoms with Crippen molar-refractivity contribution in [2.45, 2.75) is 57.4 Å². The average molecular weight is 432 g/mol. The summed E-state index contributed by atoms with van der Waals surface area (Å²) in [6.07, 6.45) is 8.48. The molecule has 1 aliphatic carbocycles. The molecule has 1 saturated heterocycles. The van der Waals surface area contributed by atoms with E-state index in [-0.39, 0.29) is 18.0 Å². The highest BCUT2D eigenvalue weighted by molar-refractivity contribution is 5.81. The zero-order chi connectivity index (χ0) is 21.9. The number of carbonyl (C=O) groups excluding carboxylic acids is 2. The van der Waals surface area contributed by atoms with Crippen molar-refractivity contribution in [3.05, 3.63) is 24.3 Å². The molecule has 0 spiro atoms. The molecule has 1 aromatic carbocycles. The van der Waals surface area contributed by atoms with Gasteiger partial charge in [0.1, 0.15) is 5.75 Å². The second kappa shape index (κ2) is 12.4. The average Bonchev–Trinajstić information content (AvgIpc) is 2.78. The van der Waals surface area contributed by atoms with Gasteiger partial charge in [0.05, 0.1) is 12.8 Å². The number of hydrogen-bond donors (Lipinski definition) is 3. The number of nitrogens with one attached hydrogen (secondary N) is 3. The molecule has 8 heteroatoms. The van der Waals surface area contributed by atoms with Gasteiger partial charge in [0, 0.05) is 45.2 Å². The maximum atomic E-state index is 12.1. The fourth-order valence-electron chi connectivity index (χ4n) is 4.37. The van der Waals surface area contributed by atoms with Gasteiger partial charge in [-0.25, -0.2) is 10.2 Å². The van der Waals surface area contributed by atoms with Gasteiger partial charge in [-0.1, -0.05) is 44.2 Å². The number of urea groups is 1. The predicted molar refractivity (Wildman–Crippen MR) is 122 cm³/mol. The smallest absolute Gasteiger partial charge is 0.333 e. The predicted octanol–water partition coefficient (Wildman–Crippen LogP) is 2.65. The Morgan fingerprint density at radius 2 is 1.65 bits per heavy atom. The number of nitrogens with zero attached hydrogens (tertiary/aromatic N) is 2. The Morgan fingerprint density at radius 3 is 2.35 bits per heavy atom. The van der Waals surface area contributed by atoms with Gasteiger partial charge < -0.3 is 15.0 Å². The summed E-state index contributed by atoms with van der Waals surface area (Å²) in [4.78, 5) is 28.8. The molecule has 3 N–H and O–H groups in total. The first-order valence-electron chi connectivity index (χ1n) is 11.6. The van der Waals surface area contributed by atoms with Crippen molar-refractivity contribution in [1.82, 2.24) is 21.1 Å². The van der Waals surface area contributed by atoms with E-state index in [4.69, 9.17) is 4.74 Å². The molecule has 1 heterocycles. The number of rotatable bonds is 6. The van der Waals surface area contributed by atoms with Crippen molar-refractivity contribution in [1.29, 1.82) is 0 Å². The molecule has 0 aromatic heterocycles. The standard InChI is InChI=1S/C23H37N5O3/c1-31-21-12-8-7-11-20(21)28-17-15-27(16-18-28)14-13-22(29)25-26-23(30)24-19-9-5-3-2-4-6-10-19/h7-8,11-12,19H,2-6,9-10,13-18H2,1H3,(H,25,29)(H2,24,26,30). The number of methoxy groups -OCH3 is 1. The van der Waals surface area contributed by atoms with E-state index in [1.165, 1.54) is 19.3 Å². The van der Waals surface area contributed by atoms with Crippen molar-refractivity contribution in [3.63, 3.8) is 0 Å². The quantitative estimate of drug-likeness (QED) is 0.603. The van der Waals surface area contributed by atoms with E-state index in [2.05, 4.69) is 32.0 Å². The zero-order valence-electron chi connectivity index (χ0n) is 18.7. The van der Waals surface area contributed by atoms with Crippen molar-refractivity contribution >= 4 is 17.6 Å². The number of hydrazine groups is 1. The number of benzene rings is 1. The Kier molecular flexibility index (Phi) is 9.27. The van der Waals surface area contributed by atoms with Crippen LogP contribution in [0.15, 0.2) is 24.3 Å². The van der Waals surface area contributed by atoms with E-state index in [1.54, 1.807) is 7.11 Å². The molecular weight excluding hydrogens is 394 g/mol. The fourth-order valence-corrected chi connectivity index (χ4v) is 4.37. The summed E-state index contributed by atoms with van der Waals surface area (Å²) in [6.45, 7) is 4.24. The van der Waals surface area contributed by atoms with Crippen LogP contribution in [0.1, 0.15) is 51.4 Å². The highest BCUT2D eigenvalue weighted by Gasteiger charge is 2.20. The maximum Gasteiger partial charge on any atom is 0.333 e. The molecule has 1 aromatic rings. The lowest BCUT2D eigenvalue weighted by molar-refractivity contribution is -0.122. The second-order valence-electron chi connectivity index (χ2n) is 8.44. The summed E-state index contributed by atoms with van der Waals surface area (Å²) >= 11 is 0. The van der Waals surface area contributed by atoms with Crippen LogP contribution in [0, 0.1) is 0 Å². The summed E-state index contributed by atoms with van der Waals surface area (Å²) in [7, 11) is 1.69. The van der Waals surface area contributed by atoms with Crippen LogP contribution in [0.3, 0.4) is 0 Å². The van der Waals surface area contributed by atoms with Gasteiger partial charge in [0.15, 0.2) is 0 Å². The maximum absolute atomic E-state index is 12.1. The van der Waals surface area contributed by atoms with Crippen LogP contribution in [0.4, 0.5) is 10.5 Å². The van der Waals surface area contributed by atoms with E-state index in [1.807, 2.05) is 18.2 Å². The first kappa shape index (κ1) is 23.2. The van der Waals surface area contributed by atoms with Crippen LogP contribution in [0.25, 0.3) is 0 Å². The third-order valence-corrected chi connectivity index (χ3v) is 6.21. The lowest BCUT2D eigenvalue weighted by Crippen LogP contribution is -2.51. The molecule has 172 valence electrons. The Hall–Kier alpha value is -2.48. The molecule has 1 saturated carbocycles. The van der Waals surface area contributed by atoms with E-state index < -0.39 is 0 Å². The third-order valence-electron chi connectivity index (χ3n) is 6.21. The zero-order valence-corrected chi connectivity index (χ0v) is 18.7. The molecule has 1 aliphatic heterocycles. The molecule has 0 atom stereocenters. The van der Waals surface area contributed by atoms with Crippen LogP contribution in [-0.2, 0) is 4.79 Å². The molecule has 0 bridgehead atoms. The minimum Gasteiger partial charge on any atom is -0.495 e. The monoisotopic (exact) mass is 431 g/mol. The minimum atomic E-state index is -0.315. The first-order valence-corrected chi connectivity index (χ1v) is 11.6. The summed E-state index contributed by atoms with van der Waals surface area (Å²) in [5.74, 6) is 0.721. The molecule has 8 nitrogen and oxygen atoms in total. The summed E-state index contributed by atoms with van der Waals surface area (Å²) in [5, 5.41) is 2.99. The topological polar surface area (TPSA) is 85.9 Å². The SMILES string of the molecule is COc1ccccc1N1CCN(CCC(=O)NNC(=O)NC2CCCCCCC2)CC1. The summed E-state index contributed by atoms with van der Waals surface area (Å²) < 4.78 is 5.46. The van der Waals surface area contributed by atoms with Gasteiger partial charge >= 0.3 is 6.03 Å². The van der Waals surface area contributed by atoms with Gasteiger partial charge in [-0.15, -0.1) is 0 Å². The molecule has 3 rings (SSSR count). The normalized spacial score (nSPS) is 18.5. The largest absolute Gasteiger partial charge is 0.495 e. The van der Waals surface area contributed by atoms with Crippen molar-refractivity contribution in [3.8, 4) is 5.75 Å². The Bertz CT molecular complexity index is 698. The molecular formula is C23H37N5O3. The van der Waals surface area contributed by atoms with Gasteiger partial charge in [0.25, 0.3) is 0 Å². The van der Waals surface area contributed by atoms with Crippen LogP contribution in [0.5, 0.6) is 5.75 Å². The lowest BCUT2D eigenvalue weighted by Gasteiger charge is -2.36. The van der Waals surface area contributed by atoms with Crippen LogP contribution in [-0.4, -0.2) is 62.7 Å². The van der Waals surface area contributed by atoms with Gasteiger partial charge in [0.2, 0.25) is 5.91 Å².